The van der Waals surface area contributed by atoms with Crippen molar-refractivity contribution in [3.8, 4) is 11.3 Å². The van der Waals surface area contributed by atoms with Gasteiger partial charge in [-0.2, -0.15) is 0 Å². The Kier molecular flexibility index (Phi) is 5.95. The highest BCUT2D eigenvalue weighted by molar-refractivity contribution is 5.91. The molecule has 0 aliphatic carbocycles. The lowest BCUT2D eigenvalue weighted by molar-refractivity contribution is 0.0453. The molecule has 2 aliphatic heterocycles. The lowest BCUT2D eigenvalue weighted by Gasteiger charge is -2.35. The normalized spacial score (nSPS) is 23.6. The lowest BCUT2D eigenvalue weighted by Crippen LogP contribution is -2.44. The minimum atomic E-state index is -0.959. The molecule has 2 aromatic heterocycles. The second kappa shape index (κ2) is 9.03. The van der Waals surface area contributed by atoms with E-state index in [-0.39, 0.29) is 17.5 Å². The fraction of sp³-hybridized carbons (Fsp3) is 0.440. The van der Waals surface area contributed by atoms with Crippen LogP contribution in [0.4, 0.5) is 5.82 Å². The average molecular weight is 449 g/mol. The van der Waals surface area contributed by atoms with Gasteiger partial charge in [-0.1, -0.05) is 19.1 Å². The molecule has 3 unspecified atom stereocenters. The molecule has 2 aliphatic rings. The molecule has 0 amide bonds. The van der Waals surface area contributed by atoms with E-state index in [9.17, 15) is 9.90 Å². The smallest absolute Gasteiger partial charge is 0.335 e. The fourth-order valence-corrected chi connectivity index (χ4v) is 4.67. The van der Waals surface area contributed by atoms with Crippen LogP contribution in [-0.2, 0) is 9.47 Å². The lowest BCUT2D eigenvalue weighted by atomic mass is 9.89. The third-order valence-electron chi connectivity index (χ3n) is 6.57. The number of ether oxygens (including phenoxy) is 2. The van der Waals surface area contributed by atoms with Gasteiger partial charge in [0.05, 0.1) is 35.9 Å². The zero-order valence-corrected chi connectivity index (χ0v) is 18.9. The van der Waals surface area contributed by atoms with Crippen molar-refractivity contribution in [2.75, 3.05) is 37.9 Å². The molecule has 1 N–H and O–H groups in total. The van der Waals surface area contributed by atoms with Crippen LogP contribution in [0, 0.1) is 5.92 Å². The Labute approximate surface area is 192 Å². The Morgan fingerprint density at radius 3 is 2.70 bits per heavy atom. The van der Waals surface area contributed by atoms with Gasteiger partial charge < -0.3 is 19.5 Å². The molecule has 4 heterocycles. The fourth-order valence-electron chi connectivity index (χ4n) is 4.67. The molecule has 1 aromatic carbocycles. The largest absolute Gasteiger partial charge is 0.478 e. The van der Waals surface area contributed by atoms with E-state index in [0.717, 1.165) is 35.6 Å². The standard InChI is InChI=1S/C25H28N4O4/c1-15-13-32-10-8-19(15)22-27-23-20(24(28-22)29-9-11-33-14-16(29)2)6-7-21(26-23)17-4-3-5-18(12-17)25(30)31/h3-7,12,15-16,19H,8-11,13-14H2,1-2H3,(H,30,31). The topological polar surface area (TPSA) is 97.7 Å². The number of pyridine rings is 1. The van der Waals surface area contributed by atoms with Gasteiger partial charge in [-0.25, -0.2) is 19.7 Å². The summed E-state index contributed by atoms with van der Waals surface area (Å²) in [5.74, 6) is 1.26. The van der Waals surface area contributed by atoms with Gasteiger partial charge in [0, 0.05) is 31.2 Å². The van der Waals surface area contributed by atoms with Gasteiger partial charge in [0.2, 0.25) is 0 Å². The van der Waals surface area contributed by atoms with E-state index in [1.807, 2.05) is 18.2 Å². The van der Waals surface area contributed by atoms with Gasteiger partial charge in [0.1, 0.15) is 11.6 Å². The predicted octanol–water partition coefficient (Wildman–Crippen LogP) is 3.76. The molecule has 0 saturated carbocycles. The first kappa shape index (κ1) is 21.7. The summed E-state index contributed by atoms with van der Waals surface area (Å²) in [6.45, 7) is 7.80. The van der Waals surface area contributed by atoms with E-state index in [4.69, 9.17) is 24.4 Å². The van der Waals surface area contributed by atoms with Crippen LogP contribution >= 0.6 is 0 Å². The Morgan fingerprint density at radius 1 is 1.06 bits per heavy atom. The summed E-state index contributed by atoms with van der Waals surface area (Å²) in [6.07, 6.45) is 0.880. The van der Waals surface area contributed by atoms with Crippen LogP contribution in [0.15, 0.2) is 36.4 Å². The number of aromatic carboxylic acids is 1. The summed E-state index contributed by atoms with van der Waals surface area (Å²) in [6, 6.07) is 10.9. The van der Waals surface area contributed by atoms with Crippen LogP contribution in [0.3, 0.4) is 0 Å². The van der Waals surface area contributed by atoms with E-state index in [0.29, 0.717) is 43.7 Å². The first-order chi connectivity index (χ1) is 16.0. The van der Waals surface area contributed by atoms with Crippen LogP contribution in [0.25, 0.3) is 22.3 Å². The van der Waals surface area contributed by atoms with Crippen LogP contribution in [0.5, 0.6) is 0 Å². The maximum atomic E-state index is 11.4. The molecule has 0 bridgehead atoms. The van der Waals surface area contributed by atoms with Gasteiger partial charge in [0.25, 0.3) is 0 Å². The maximum absolute atomic E-state index is 11.4. The van der Waals surface area contributed by atoms with Crippen molar-refractivity contribution in [3.05, 3.63) is 47.8 Å². The number of nitrogens with zero attached hydrogens (tertiary/aromatic N) is 4. The number of benzene rings is 1. The summed E-state index contributed by atoms with van der Waals surface area (Å²) in [7, 11) is 0. The number of carboxylic acids is 1. The Morgan fingerprint density at radius 2 is 1.91 bits per heavy atom. The van der Waals surface area contributed by atoms with Crippen molar-refractivity contribution in [3.63, 3.8) is 0 Å². The quantitative estimate of drug-likeness (QED) is 0.644. The Balaban J connectivity index is 1.65. The number of carbonyl (C=O) groups is 1. The zero-order valence-electron chi connectivity index (χ0n) is 18.9. The summed E-state index contributed by atoms with van der Waals surface area (Å²) in [5.41, 5.74) is 2.30. The highest BCUT2D eigenvalue weighted by atomic mass is 16.5. The van der Waals surface area contributed by atoms with Crippen molar-refractivity contribution < 1.29 is 19.4 Å². The number of aromatic nitrogens is 3. The number of carboxylic acid groups (broad SMARTS) is 1. The van der Waals surface area contributed by atoms with E-state index in [1.54, 1.807) is 18.2 Å². The molecule has 172 valence electrons. The Bertz CT molecular complexity index is 1180. The minimum absolute atomic E-state index is 0.198. The third-order valence-corrected chi connectivity index (χ3v) is 6.57. The second-order valence-corrected chi connectivity index (χ2v) is 8.92. The number of morpholine rings is 1. The highest BCUT2D eigenvalue weighted by Crippen LogP contribution is 2.34. The molecule has 0 spiro atoms. The van der Waals surface area contributed by atoms with Crippen LogP contribution in [0.1, 0.15) is 42.4 Å². The molecule has 2 saturated heterocycles. The molecule has 33 heavy (non-hydrogen) atoms. The predicted molar refractivity (Wildman–Crippen MR) is 125 cm³/mol. The van der Waals surface area contributed by atoms with Gasteiger partial charge in [-0.15, -0.1) is 0 Å². The Hall–Kier alpha value is -3.10. The second-order valence-electron chi connectivity index (χ2n) is 8.92. The van der Waals surface area contributed by atoms with Crippen molar-refractivity contribution >= 4 is 22.8 Å². The minimum Gasteiger partial charge on any atom is -0.478 e. The molecule has 5 rings (SSSR count). The van der Waals surface area contributed by atoms with Crippen molar-refractivity contribution in [2.45, 2.75) is 32.2 Å². The van der Waals surface area contributed by atoms with Gasteiger partial charge in [-0.05, 0) is 43.5 Å². The summed E-state index contributed by atoms with van der Waals surface area (Å²) in [5, 5.41) is 10.3. The van der Waals surface area contributed by atoms with Crippen LogP contribution in [-0.4, -0.2) is 65.0 Å². The molecule has 2 fully saturated rings. The van der Waals surface area contributed by atoms with Crippen LogP contribution < -0.4 is 4.90 Å². The van der Waals surface area contributed by atoms with Crippen molar-refractivity contribution in [1.82, 2.24) is 15.0 Å². The first-order valence-electron chi connectivity index (χ1n) is 11.5. The van der Waals surface area contributed by atoms with Crippen molar-refractivity contribution in [2.24, 2.45) is 5.92 Å². The monoisotopic (exact) mass is 448 g/mol. The number of hydrogen-bond donors (Lipinski definition) is 1. The SMILES string of the molecule is CC1COCCC1c1nc(N2CCOCC2C)c2ccc(-c3cccc(C(=O)O)c3)nc2n1. The van der Waals surface area contributed by atoms with Gasteiger partial charge in [0.15, 0.2) is 5.65 Å². The van der Waals surface area contributed by atoms with Crippen LogP contribution in [0.2, 0.25) is 0 Å². The molecule has 3 aromatic rings. The molecule has 0 radical (unpaired) electrons. The summed E-state index contributed by atoms with van der Waals surface area (Å²) < 4.78 is 11.3. The molecular formula is C25H28N4O4. The van der Waals surface area contributed by atoms with Crippen molar-refractivity contribution in [1.29, 1.82) is 0 Å². The third kappa shape index (κ3) is 4.28. The molecule has 3 atom stereocenters. The highest BCUT2D eigenvalue weighted by Gasteiger charge is 2.29. The van der Waals surface area contributed by atoms with E-state index < -0.39 is 5.97 Å². The van der Waals surface area contributed by atoms with E-state index in [1.165, 1.54) is 0 Å². The van der Waals surface area contributed by atoms with E-state index in [2.05, 4.69) is 18.7 Å². The summed E-state index contributed by atoms with van der Waals surface area (Å²) in [4.78, 5) is 28.6. The first-order valence-corrected chi connectivity index (χ1v) is 11.5. The van der Waals surface area contributed by atoms with Gasteiger partial charge >= 0.3 is 5.97 Å². The summed E-state index contributed by atoms with van der Waals surface area (Å²) >= 11 is 0. The maximum Gasteiger partial charge on any atom is 0.335 e. The zero-order chi connectivity index (χ0) is 22.9. The number of fused-ring (bicyclic) bond motifs is 1. The van der Waals surface area contributed by atoms with E-state index >= 15 is 0 Å². The van der Waals surface area contributed by atoms with Gasteiger partial charge in [-0.3, -0.25) is 0 Å². The number of anilines is 1. The molecule has 8 heteroatoms. The number of rotatable bonds is 4. The molecule has 8 nitrogen and oxygen atoms in total. The average Bonchev–Trinajstić information content (AvgIpc) is 2.84. The number of hydrogen-bond acceptors (Lipinski definition) is 7. The molecular weight excluding hydrogens is 420 g/mol.